The van der Waals surface area contributed by atoms with Crippen LogP contribution in [0.25, 0.3) is 0 Å². The van der Waals surface area contributed by atoms with Crippen LogP contribution in [0.1, 0.15) is 43.6 Å². The Morgan fingerprint density at radius 2 is 2.10 bits per heavy atom. The van der Waals surface area contributed by atoms with Crippen molar-refractivity contribution in [2.24, 2.45) is 0 Å². The molecule has 0 spiro atoms. The molecule has 2 rings (SSSR count). The fourth-order valence-electron chi connectivity index (χ4n) is 2.76. The van der Waals surface area contributed by atoms with E-state index in [0.717, 1.165) is 37.4 Å². The third kappa shape index (κ3) is 4.11. The minimum atomic E-state index is 0.255. The molecular weight excluding hydrogens is 270 g/mol. The maximum Gasteiger partial charge on any atom is 0.222 e. The van der Waals surface area contributed by atoms with Gasteiger partial charge in [-0.3, -0.25) is 4.79 Å². The molecule has 3 heteroatoms. The lowest BCUT2D eigenvalue weighted by Crippen LogP contribution is -2.33. The summed E-state index contributed by atoms with van der Waals surface area (Å²) in [5.41, 5.74) is 1.29. The van der Waals surface area contributed by atoms with Gasteiger partial charge >= 0.3 is 0 Å². The van der Waals surface area contributed by atoms with Crippen molar-refractivity contribution in [2.75, 3.05) is 13.1 Å². The number of allylic oxidation sites excluding steroid dienone is 1. The molecule has 1 unspecified atom stereocenters. The molecular formula is C17H22ClNO. The molecule has 20 heavy (non-hydrogen) atoms. The molecule has 1 atom stereocenters. The highest BCUT2D eigenvalue weighted by Gasteiger charge is 2.22. The lowest BCUT2D eigenvalue weighted by molar-refractivity contribution is -0.131. The summed E-state index contributed by atoms with van der Waals surface area (Å²) in [6.07, 6.45) is 6.58. The molecule has 1 fully saturated rings. The zero-order valence-electron chi connectivity index (χ0n) is 11.9. The van der Waals surface area contributed by atoms with Crippen molar-refractivity contribution >= 4 is 17.5 Å². The first-order chi connectivity index (χ1) is 9.70. The van der Waals surface area contributed by atoms with E-state index < -0.39 is 0 Å². The summed E-state index contributed by atoms with van der Waals surface area (Å²) in [4.78, 5) is 14.2. The number of carbonyl (C=O) groups excluding carboxylic acids is 1. The van der Waals surface area contributed by atoms with Crippen molar-refractivity contribution in [1.82, 2.24) is 4.90 Å². The van der Waals surface area contributed by atoms with Gasteiger partial charge in [0.25, 0.3) is 0 Å². The van der Waals surface area contributed by atoms with Crippen LogP contribution in [0.5, 0.6) is 0 Å². The molecule has 1 aliphatic rings. The van der Waals surface area contributed by atoms with Gasteiger partial charge in [0.1, 0.15) is 0 Å². The Kier molecular flexibility index (Phi) is 5.66. The van der Waals surface area contributed by atoms with E-state index in [1.54, 1.807) is 0 Å². The van der Waals surface area contributed by atoms with Gasteiger partial charge < -0.3 is 4.90 Å². The maximum atomic E-state index is 12.2. The minimum absolute atomic E-state index is 0.255. The number of halogens is 1. The summed E-state index contributed by atoms with van der Waals surface area (Å²) in [5.74, 6) is 0.688. The van der Waals surface area contributed by atoms with E-state index in [1.165, 1.54) is 12.0 Å². The SMILES string of the molecule is C=CCCC(=O)N1CCCCC(c2ccc(Cl)cc2)C1. The van der Waals surface area contributed by atoms with E-state index in [9.17, 15) is 4.79 Å². The molecule has 1 aromatic carbocycles. The standard InChI is InChI=1S/C17H22ClNO/c1-2-3-7-17(20)19-12-5-4-6-15(13-19)14-8-10-16(18)11-9-14/h2,8-11,15H,1,3-7,12-13H2. The van der Waals surface area contributed by atoms with Crippen LogP contribution in [0.4, 0.5) is 0 Å². The van der Waals surface area contributed by atoms with E-state index in [0.29, 0.717) is 12.3 Å². The molecule has 0 N–H and O–H groups in total. The third-order valence-corrected chi connectivity index (χ3v) is 4.18. The Bertz CT molecular complexity index is 455. The second-order valence-electron chi connectivity index (χ2n) is 5.41. The Balaban J connectivity index is 2.04. The fourth-order valence-corrected chi connectivity index (χ4v) is 2.89. The number of hydrogen-bond acceptors (Lipinski definition) is 1. The highest BCUT2D eigenvalue weighted by molar-refractivity contribution is 6.30. The molecule has 1 aliphatic heterocycles. The summed E-state index contributed by atoms with van der Waals surface area (Å²) in [6.45, 7) is 5.40. The van der Waals surface area contributed by atoms with E-state index >= 15 is 0 Å². The van der Waals surface area contributed by atoms with E-state index in [-0.39, 0.29) is 5.91 Å². The zero-order valence-corrected chi connectivity index (χ0v) is 12.6. The molecule has 1 saturated heterocycles. The number of benzene rings is 1. The van der Waals surface area contributed by atoms with Gasteiger partial charge in [0, 0.05) is 30.5 Å². The second-order valence-corrected chi connectivity index (χ2v) is 5.85. The first-order valence-corrected chi connectivity index (χ1v) is 7.72. The molecule has 2 nitrogen and oxygen atoms in total. The number of rotatable bonds is 4. The molecule has 1 aromatic rings. The van der Waals surface area contributed by atoms with Gasteiger partial charge in [-0.15, -0.1) is 6.58 Å². The zero-order chi connectivity index (χ0) is 14.4. The normalized spacial score (nSPS) is 19.4. The van der Waals surface area contributed by atoms with Gasteiger partial charge in [-0.2, -0.15) is 0 Å². The van der Waals surface area contributed by atoms with E-state index in [1.807, 2.05) is 23.1 Å². The number of carbonyl (C=O) groups is 1. The van der Waals surface area contributed by atoms with Crippen LogP contribution in [0, 0.1) is 0 Å². The van der Waals surface area contributed by atoms with Crippen LogP contribution < -0.4 is 0 Å². The van der Waals surface area contributed by atoms with Gasteiger partial charge in [-0.25, -0.2) is 0 Å². The Morgan fingerprint density at radius 1 is 1.35 bits per heavy atom. The number of likely N-dealkylation sites (tertiary alicyclic amines) is 1. The molecule has 1 amide bonds. The topological polar surface area (TPSA) is 20.3 Å². The largest absolute Gasteiger partial charge is 0.342 e. The highest BCUT2D eigenvalue weighted by atomic mass is 35.5. The molecule has 0 radical (unpaired) electrons. The molecule has 0 saturated carbocycles. The Morgan fingerprint density at radius 3 is 2.80 bits per heavy atom. The fraction of sp³-hybridized carbons (Fsp3) is 0.471. The lowest BCUT2D eigenvalue weighted by atomic mass is 9.94. The number of hydrogen-bond donors (Lipinski definition) is 0. The van der Waals surface area contributed by atoms with Crippen LogP contribution >= 0.6 is 11.6 Å². The molecule has 0 aromatic heterocycles. The van der Waals surface area contributed by atoms with Crippen LogP contribution in [-0.4, -0.2) is 23.9 Å². The highest BCUT2D eigenvalue weighted by Crippen LogP contribution is 2.27. The first kappa shape index (κ1) is 15.1. The van der Waals surface area contributed by atoms with Crippen LogP contribution in [0.2, 0.25) is 5.02 Å². The average molecular weight is 292 g/mol. The van der Waals surface area contributed by atoms with Crippen LogP contribution in [0.15, 0.2) is 36.9 Å². The first-order valence-electron chi connectivity index (χ1n) is 7.35. The van der Waals surface area contributed by atoms with Gasteiger partial charge in [-0.1, -0.05) is 36.2 Å². The predicted octanol–water partition coefficient (Wildman–Crippen LogP) is 4.40. The van der Waals surface area contributed by atoms with Crippen molar-refractivity contribution in [3.63, 3.8) is 0 Å². The monoisotopic (exact) mass is 291 g/mol. The van der Waals surface area contributed by atoms with Crippen molar-refractivity contribution < 1.29 is 4.79 Å². The van der Waals surface area contributed by atoms with E-state index in [4.69, 9.17) is 11.6 Å². The quantitative estimate of drug-likeness (QED) is 0.753. The van der Waals surface area contributed by atoms with Gasteiger partial charge in [0.2, 0.25) is 5.91 Å². The third-order valence-electron chi connectivity index (χ3n) is 3.93. The number of nitrogens with zero attached hydrogens (tertiary/aromatic N) is 1. The van der Waals surface area contributed by atoms with Gasteiger partial charge in [0.15, 0.2) is 0 Å². The minimum Gasteiger partial charge on any atom is -0.342 e. The molecule has 0 bridgehead atoms. The number of amides is 1. The van der Waals surface area contributed by atoms with Crippen molar-refractivity contribution in [3.05, 3.63) is 47.5 Å². The van der Waals surface area contributed by atoms with Crippen LogP contribution in [0.3, 0.4) is 0 Å². The van der Waals surface area contributed by atoms with Crippen molar-refractivity contribution in [3.8, 4) is 0 Å². The molecule has 108 valence electrons. The summed E-state index contributed by atoms with van der Waals surface area (Å²) >= 11 is 5.95. The van der Waals surface area contributed by atoms with Gasteiger partial charge in [0.05, 0.1) is 0 Å². The Labute approximate surface area is 126 Å². The molecule has 0 aliphatic carbocycles. The van der Waals surface area contributed by atoms with E-state index in [2.05, 4.69) is 18.7 Å². The molecule has 1 heterocycles. The summed E-state index contributed by atoms with van der Waals surface area (Å²) in [6, 6.07) is 8.05. The maximum absolute atomic E-state index is 12.2. The predicted molar refractivity (Wildman–Crippen MR) is 84.1 cm³/mol. The average Bonchev–Trinajstić information content (AvgIpc) is 2.71. The Hall–Kier alpha value is -1.28. The summed E-state index contributed by atoms with van der Waals surface area (Å²) in [7, 11) is 0. The summed E-state index contributed by atoms with van der Waals surface area (Å²) in [5, 5.41) is 0.765. The van der Waals surface area contributed by atoms with Crippen LogP contribution in [-0.2, 0) is 4.79 Å². The lowest BCUT2D eigenvalue weighted by Gasteiger charge is -2.25. The van der Waals surface area contributed by atoms with Crippen molar-refractivity contribution in [1.29, 1.82) is 0 Å². The van der Waals surface area contributed by atoms with Crippen molar-refractivity contribution in [2.45, 2.75) is 38.0 Å². The smallest absolute Gasteiger partial charge is 0.222 e. The second kappa shape index (κ2) is 7.49. The van der Waals surface area contributed by atoms with Gasteiger partial charge in [-0.05, 0) is 37.0 Å². The summed E-state index contributed by atoms with van der Waals surface area (Å²) < 4.78 is 0.